The fourth-order valence-corrected chi connectivity index (χ4v) is 3.17. The van der Waals surface area contributed by atoms with Crippen LogP contribution in [0, 0.1) is 0 Å². The summed E-state index contributed by atoms with van der Waals surface area (Å²) in [7, 11) is 8.10. The highest BCUT2D eigenvalue weighted by Crippen LogP contribution is 2.31. The van der Waals surface area contributed by atoms with Crippen molar-refractivity contribution in [2.75, 3.05) is 38.0 Å². The molecule has 0 heterocycles. The molecular formula is C23H32N2O. The van der Waals surface area contributed by atoms with Crippen LogP contribution in [0.1, 0.15) is 66.6 Å². The van der Waals surface area contributed by atoms with Crippen molar-refractivity contribution in [1.29, 1.82) is 0 Å². The Bertz CT molecular complexity index is 723. The first-order chi connectivity index (χ1) is 12.1. The van der Waals surface area contributed by atoms with E-state index in [0.29, 0.717) is 0 Å². The molecule has 0 bridgehead atoms. The lowest BCUT2D eigenvalue weighted by Gasteiger charge is -2.21. The molecule has 2 aromatic rings. The zero-order valence-corrected chi connectivity index (χ0v) is 17.4. The second-order valence-corrected chi connectivity index (χ2v) is 7.97. The van der Waals surface area contributed by atoms with E-state index in [0.717, 1.165) is 33.6 Å². The molecule has 0 amide bonds. The van der Waals surface area contributed by atoms with Gasteiger partial charge in [-0.2, -0.15) is 0 Å². The number of carbonyl (C=O) groups excluding carboxylic acids is 1. The third-order valence-corrected chi connectivity index (χ3v) is 4.84. The highest BCUT2D eigenvalue weighted by atomic mass is 16.1. The maximum absolute atomic E-state index is 13.4. The first-order valence-electron chi connectivity index (χ1n) is 9.30. The number of carbonyl (C=O) groups is 1. The smallest absolute Gasteiger partial charge is 0.193 e. The van der Waals surface area contributed by atoms with Crippen LogP contribution in [0.3, 0.4) is 0 Å². The maximum Gasteiger partial charge on any atom is 0.193 e. The van der Waals surface area contributed by atoms with Crippen LogP contribution < -0.4 is 9.80 Å². The molecule has 3 nitrogen and oxygen atoms in total. The lowest BCUT2D eigenvalue weighted by Crippen LogP contribution is -2.14. The van der Waals surface area contributed by atoms with Crippen molar-refractivity contribution < 1.29 is 4.79 Å². The molecule has 0 atom stereocenters. The standard InChI is InChI=1S/C23H32N2O/c1-15(2)21-13-17(24(5)6)9-11-19(21)23(26)20-12-10-18(25(7)8)14-22(20)16(3)4/h9-16H,1-8H3. The second-order valence-electron chi connectivity index (χ2n) is 7.97. The van der Waals surface area contributed by atoms with Gasteiger partial charge in [0.2, 0.25) is 0 Å². The van der Waals surface area contributed by atoms with Crippen LogP contribution in [-0.2, 0) is 0 Å². The topological polar surface area (TPSA) is 23.6 Å². The number of ketones is 1. The molecule has 2 aromatic carbocycles. The van der Waals surface area contributed by atoms with E-state index in [2.05, 4.69) is 49.6 Å². The summed E-state index contributed by atoms with van der Waals surface area (Å²) in [4.78, 5) is 17.6. The molecule has 2 rings (SSSR count). The van der Waals surface area contributed by atoms with E-state index < -0.39 is 0 Å². The Balaban J connectivity index is 2.59. The van der Waals surface area contributed by atoms with Gasteiger partial charge >= 0.3 is 0 Å². The van der Waals surface area contributed by atoms with Gasteiger partial charge in [-0.3, -0.25) is 4.79 Å². The van der Waals surface area contributed by atoms with Crippen LogP contribution in [0.15, 0.2) is 36.4 Å². The Morgan fingerprint density at radius 3 is 1.31 bits per heavy atom. The van der Waals surface area contributed by atoms with Gasteiger partial charge in [0.1, 0.15) is 0 Å². The molecule has 0 aliphatic heterocycles. The lowest BCUT2D eigenvalue weighted by atomic mass is 9.87. The van der Waals surface area contributed by atoms with E-state index in [4.69, 9.17) is 0 Å². The summed E-state index contributed by atoms with van der Waals surface area (Å²) in [6.07, 6.45) is 0. The van der Waals surface area contributed by atoms with Gasteiger partial charge in [0, 0.05) is 50.7 Å². The molecule has 0 spiro atoms. The van der Waals surface area contributed by atoms with Crippen molar-refractivity contribution in [2.24, 2.45) is 0 Å². The van der Waals surface area contributed by atoms with Crippen molar-refractivity contribution in [3.8, 4) is 0 Å². The molecule has 0 saturated heterocycles. The van der Waals surface area contributed by atoms with Gasteiger partial charge in [0.15, 0.2) is 5.78 Å². The van der Waals surface area contributed by atoms with Crippen molar-refractivity contribution in [3.05, 3.63) is 58.7 Å². The summed E-state index contributed by atoms with van der Waals surface area (Å²) in [5.74, 6) is 0.697. The van der Waals surface area contributed by atoms with Gasteiger partial charge in [-0.05, 0) is 59.4 Å². The quantitative estimate of drug-likeness (QED) is 0.659. The number of anilines is 2. The average molecular weight is 353 g/mol. The first kappa shape index (κ1) is 20.0. The van der Waals surface area contributed by atoms with Crippen LogP contribution in [0.5, 0.6) is 0 Å². The monoisotopic (exact) mass is 352 g/mol. The molecule has 0 radical (unpaired) electrons. The number of benzene rings is 2. The van der Waals surface area contributed by atoms with Crippen molar-refractivity contribution in [3.63, 3.8) is 0 Å². The third kappa shape index (κ3) is 4.09. The van der Waals surface area contributed by atoms with Gasteiger partial charge in [-0.15, -0.1) is 0 Å². The lowest BCUT2D eigenvalue weighted by molar-refractivity contribution is 0.103. The van der Waals surface area contributed by atoms with Crippen LogP contribution in [0.2, 0.25) is 0 Å². The highest BCUT2D eigenvalue weighted by Gasteiger charge is 2.21. The van der Waals surface area contributed by atoms with E-state index in [1.54, 1.807) is 0 Å². The zero-order valence-electron chi connectivity index (χ0n) is 17.4. The molecule has 3 heteroatoms. The molecular weight excluding hydrogens is 320 g/mol. The van der Waals surface area contributed by atoms with E-state index in [1.807, 2.05) is 52.5 Å². The van der Waals surface area contributed by atoms with Gasteiger partial charge in [0.05, 0.1) is 0 Å². The zero-order chi connectivity index (χ0) is 19.6. The summed E-state index contributed by atoms with van der Waals surface area (Å²) in [6.45, 7) is 8.57. The van der Waals surface area contributed by atoms with Crippen LogP contribution in [0.25, 0.3) is 0 Å². The Morgan fingerprint density at radius 2 is 1.04 bits per heavy atom. The van der Waals surface area contributed by atoms with Gasteiger partial charge in [-0.1, -0.05) is 27.7 Å². The summed E-state index contributed by atoms with van der Waals surface area (Å²) < 4.78 is 0. The van der Waals surface area contributed by atoms with Gasteiger partial charge in [0.25, 0.3) is 0 Å². The number of rotatable bonds is 6. The summed E-state index contributed by atoms with van der Waals surface area (Å²) in [6, 6.07) is 12.3. The molecule has 140 valence electrons. The summed E-state index contributed by atoms with van der Waals surface area (Å²) >= 11 is 0. The normalized spacial score (nSPS) is 11.2. The summed E-state index contributed by atoms with van der Waals surface area (Å²) in [5, 5.41) is 0. The molecule has 0 aliphatic rings. The molecule has 0 unspecified atom stereocenters. The number of hydrogen-bond acceptors (Lipinski definition) is 3. The summed E-state index contributed by atoms with van der Waals surface area (Å²) in [5.41, 5.74) is 6.07. The third-order valence-electron chi connectivity index (χ3n) is 4.84. The molecule has 0 saturated carbocycles. The van der Waals surface area contributed by atoms with E-state index in [-0.39, 0.29) is 17.6 Å². The maximum atomic E-state index is 13.4. The van der Waals surface area contributed by atoms with E-state index in [1.165, 1.54) is 0 Å². The van der Waals surface area contributed by atoms with Crippen LogP contribution in [-0.4, -0.2) is 34.0 Å². The number of hydrogen-bond donors (Lipinski definition) is 0. The van der Waals surface area contributed by atoms with Gasteiger partial charge in [-0.25, -0.2) is 0 Å². The van der Waals surface area contributed by atoms with Crippen molar-refractivity contribution >= 4 is 17.2 Å². The molecule has 0 aliphatic carbocycles. The minimum absolute atomic E-state index is 0.119. The predicted octanol–water partition coefficient (Wildman–Crippen LogP) is 5.30. The highest BCUT2D eigenvalue weighted by molar-refractivity contribution is 6.11. The van der Waals surface area contributed by atoms with Crippen LogP contribution in [0.4, 0.5) is 11.4 Å². The minimum atomic E-state index is 0.119. The van der Waals surface area contributed by atoms with Crippen molar-refractivity contribution in [2.45, 2.75) is 39.5 Å². The second kappa shape index (κ2) is 7.94. The van der Waals surface area contributed by atoms with E-state index in [9.17, 15) is 4.79 Å². The Morgan fingerprint density at radius 1 is 0.692 bits per heavy atom. The molecule has 26 heavy (non-hydrogen) atoms. The fourth-order valence-electron chi connectivity index (χ4n) is 3.17. The largest absolute Gasteiger partial charge is 0.378 e. The van der Waals surface area contributed by atoms with E-state index >= 15 is 0 Å². The Hall–Kier alpha value is -2.29. The Labute approximate surface area is 158 Å². The number of nitrogens with zero attached hydrogens (tertiary/aromatic N) is 2. The molecule has 0 aromatic heterocycles. The average Bonchev–Trinajstić information content (AvgIpc) is 2.59. The fraction of sp³-hybridized carbons (Fsp3) is 0.435. The Kier molecular flexibility index (Phi) is 6.12. The SMILES string of the molecule is CC(C)c1cc(N(C)C)ccc1C(=O)c1ccc(N(C)C)cc1C(C)C. The first-order valence-corrected chi connectivity index (χ1v) is 9.30. The van der Waals surface area contributed by atoms with Gasteiger partial charge < -0.3 is 9.80 Å². The van der Waals surface area contributed by atoms with Crippen LogP contribution >= 0.6 is 0 Å². The molecule has 0 fully saturated rings. The molecule has 0 N–H and O–H groups in total. The minimum Gasteiger partial charge on any atom is -0.378 e. The van der Waals surface area contributed by atoms with Crippen molar-refractivity contribution in [1.82, 2.24) is 0 Å². The predicted molar refractivity (Wildman–Crippen MR) is 113 cm³/mol.